The second-order valence-corrected chi connectivity index (χ2v) is 4.88. The Morgan fingerprint density at radius 1 is 1.11 bits per heavy atom. The fourth-order valence-electron chi connectivity index (χ4n) is 2.89. The Morgan fingerprint density at radius 3 is 2.68 bits per heavy atom. The Labute approximate surface area is 111 Å². The summed E-state index contributed by atoms with van der Waals surface area (Å²) in [6, 6.07) is 10.5. The van der Waals surface area contributed by atoms with Gasteiger partial charge in [0, 0.05) is 6.04 Å². The van der Waals surface area contributed by atoms with Crippen molar-refractivity contribution in [3.8, 4) is 11.1 Å². The van der Waals surface area contributed by atoms with Crippen LogP contribution in [0.3, 0.4) is 0 Å². The summed E-state index contributed by atoms with van der Waals surface area (Å²) in [5.74, 6) is -1.59. The predicted octanol–water partition coefficient (Wildman–Crippen LogP) is 3.84. The van der Waals surface area contributed by atoms with Gasteiger partial charge in [0.2, 0.25) is 0 Å². The molecule has 1 N–H and O–H groups in total. The molecule has 2 aromatic rings. The topological polar surface area (TPSA) is 12.0 Å². The van der Waals surface area contributed by atoms with E-state index < -0.39 is 11.6 Å². The van der Waals surface area contributed by atoms with Gasteiger partial charge < -0.3 is 5.32 Å². The first-order valence-electron chi connectivity index (χ1n) is 6.45. The van der Waals surface area contributed by atoms with Crippen molar-refractivity contribution in [1.29, 1.82) is 0 Å². The van der Waals surface area contributed by atoms with Crippen molar-refractivity contribution in [2.24, 2.45) is 0 Å². The average Bonchev–Trinajstić information content (AvgIpc) is 2.85. The Morgan fingerprint density at radius 2 is 1.95 bits per heavy atom. The van der Waals surface area contributed by atoms with Gasteiger partial charge in [0.1, 0.15) is 0 Å². The minimum atomic E-state index is -0.801. The molecular formula is C16H15F2N. The van der Waals surface area contributed by atoms with Gasteiger partial charge >= 0.3 is 0 Å². The predicted molar refractivity (Wildman–Crippen MR) is 71.9 cm³/mol. The van der Waals surface area contributed by atoms with Gasteiger partial charge in [-0.25, -0.2) is 8.78 Å². The third-order valence-corrected chi connectivity index (χ3v) is 3.85. The lowest BCUT2D eigenvalue weighted by Crippen LogP contribution is -2.12. The molecule has 0 bridgehead atoms. The van der Waals surface area contributed by atoms with Crippen LogP contribution in [0.4, 0.5) is 8.78 Å². The summed E-state index contributed by atoms with van der Waals surface area (Å²) >= 11 is 0. The van der Waals surface area contributed by atoms with Crippen molar-refractivity contribution in [1.82, 2.24) is 5.32 Å². The molecule has 1 aliphatic carbocycles. The molecule has 3 heteroatoms. The van der Waals surface area contributed by atoms with Crippen LogP contribution in [-0.4, -0.2) is 7.05 Å². The van der Waals surface area contributed by atoms with Gasteiger partial charge in [-0.2, -0.15) is 0 Å². The quantitative estimate of drug-likeness (QED) is 0.864. The molecule has 0 aliphatic heterocycles. The number of fused-ring (bicyclic) bond motifs is 1. The first kappa shape index (κ1) is 12.3. The van der Waals surface area contributed by atoms with Crippen molar-refractivity contribution in [2.75, 3.05) is 7.05 Å². The Hall–Kier alpha value is -1.74. The SMILES string of the molecule is CNC1CCc2c(-c3ccc(F)c(F)c3)cccc21. The van der Waals surface area contributed by atoms with E-state index in [9.17, 15) is 8.78 Å². The van der Waals surface area contributed by atoms with Gasteiger partial charge in [-0.3, -0.25) is 0 Å². The number of nitrogens with one attached hydrogen (secondary N) is 1. The summed E-state index contributed by atoms with van der Waals surface area (Å²) in [6.45, 7) is 0. The van der Waals surface area contributed by atoms with E-state index in [1.54, 1.807) is 6.07 Å². The Kier molecular flexibility index (Phi) is 3.07. The Bertz CT molecular complexity index is 622. The summed E-state index contributed by atoms with van der Waals surface area (Å²) in [5.41, 5.74) is 4.26. The highest BCUT2D eigenvalue weighted by Gasteiger charge is 2.23. The molecule has 0 aromatic heterocycles. The molecule has 98 valence electrons. The number of halogens is 2. The molecule has 0 fully saturated rings. The van der Waals surface area contributed by atoms with Crippen LogP contribution in [0.1, 0.15) is 23.6 Å². The highest BCUT2D eigenvalue weighted by atomic mass is 19.2. The lowest BCUT2D eigenvalue weighted by molar-refractivity contribution is 0.509. The van der Waals surface area contributed by atoms with Crippen molar-refractivity contribution < 1.29 is 8.78 Å². The van der Waals surface area contributed by atoms with E-state index in [1.165, 1.54) is 23.3 Å². The highest BCUT2D eigenvalue weighted by molar-refractivity contribution is 5.70. The van der Waals surface area contributed by atoms with Crippen LogP contribution in [0.2, 0.25) is 0 Å². The maximum Gasteiger partial charge on any atom is 0.159 e. The molecule has 1 unspecified atom stereocenters. The van der Waals surface area contributed by atoms with Crippen LogP contribution in [0.25, 0.3) is 11.1 Å². The molecule has 0 radical (unpaired) electrons. The fourth-order valence-corrected chi connectivity index (χ4v) is 2.89. The zero-order chi connectivity index (χ0) is 13.4. The minimum absolute atomic E-state index is 0.361. The summed E-state index contributed by atoms with van der Waals surface area (Å²) in [6.07, 6.45) is 2.02. The van der Waals surface area contributed by atoms with E-state index in [1.807, 2.05) is 19.2 Å². The zero-order valence-electron chi connectivity index (χ0n) is 10.7. The largest absolute Gasteiger partial charge is 0.313 e. The third-order valence-electron chi connectivity index (χ3n) is 3.85. The van der Waals surface area contributed by atoms with Crippen LogP contribution in [0.5, 0.6) is 0 Å². The average molecular weight is 259 g/mol. The standard InChI is InChI=1S/C16H15F2N/c1-19-16-8-6-12-11(3-2-4-13(12)16)10-5-7-14(17)15(18)9-10/h2-5,7,9,16,19H,6,8H2,1H3. The zero-order valence-corrected chi connectivity index (χ0v) is 10.7. The third kappa shape index (κ3) is 2.04. The molecule has 2 aromatic carbocycles. The number of benzene rings is 2. The second kappa shape index (κ2) is 4.74. The summed E-state index contributed by atoms with van der Waals surface area (Å²) in [5, 5.41) is 3.29. The van der Waals surface area contributed by atoms with E-state index in [2.05, 4.69) is 11.4 Å². The van der Waals surface area contributed by atoms with Crippen LogP contribution in [0, 0.1) is 11.6 Å². The smallest absolute Gasteiger partial charge is 0.159 e. The van der Waals surface area contributed by atoms with Crippen LogP contribution in [0.15, 0.2) is 36.4 Å². The van der Waals surface area contributed by atoms with Crippen LogP contribution < -0.4 is 5.32 Å². The molecule has 0 amide bonds. The van der Waals surface area contributed by atoms with Gasteiger partial charge in [0.05, 0.1) is 0 Å². The molecule has 0 saturated heterocycles. The molecule has 19 heavy (non-hydrogen) atoms. The monoisotopic (exact) mass is 259 g/mol. The van der Waals surface area contributed by atoms with E-state index >= 15 is 0 Å². The maximum atomic E-state index is 13.4. The molecule has 1 aliphatic rings. The van der Waals surface area contributed by atoms with Crippen LogP contribution in [-0.2, 0) is 6.42 Å². The van der Waals surface area contributed by atoms with Crippen molar-refractivity contribution in [3.05, 3.63) is 59.2 Å². The van der Waals surface area contributed by atoms with Gasteiger partial charge in [0.15, 0.2) is 11.6 Å². The van der Waals surface area contributed by atoms with Crippen molar-refractivity contribution >= 4 is 0 Å². The Balaban J connectivity index is 2.11. The van der Waals surface area contributed by atoms with E-state index in [4.69, 9.17) is 0 Å². The number of hydrogen-bond acceptors (Lipinski definition) is 1. The summed E-state index contributed by atoms with van der Waals surface area (Å²) in [7, 11) is 1.95. The number of rotatable bonds is 2. The van der Waals surface area contributed by atoms with Crippen LogP contribution >= 0.6 is 0 Å². The van der Waals surface area contributed by atoms with Gasteiger partial charge in [-0.15, -0.1) is 0 Å². The molecular weight excluding hydrogens is 244 g/mol. The lowest BCUT2D eigenvalue weighted by atomic mass is 9.96. The van der Waals surface area contributed by atoms with Gasteiger partial charge in [-0.05, 0) is 54.3 Å². The van der Waals surface area contributed by atoms with E-state index in [-0.39, 0.29) is 0 Å². The molecule has 3 rings (SSSR count). The molecule has 1 nitrogen and oxygen atoms in total. The summed E-state index contributed by atoms with van der Waals surface area (Å²) < 4.78 is 26.4. The molecule has 1 atom stereocenters. The molecule has 0 heterocycles. The first-order chi connectivity index (χ1) is 9.20. The molecule has 0 saturated carbocycles. The van der Waals surface area contributed by atoms with E-state index in [0.29, 0.717) is 6.04 Å². The maximum absolute atomic E-state index is 13.4. The number of hydrogen-bond donors (Lipinski definition) is 1. The van der Waals surface area contributed by atoms with Gasteiger partial charge in [-0.1, -0.05) is 24.3 Å². The highest BCUT2D eigenvalue weighted by Crippen LogP contribution is 2.37. The normalized spacial score (nSPS) is 17.5. The minimum Gasteiger partial charge on any atom is -0.313 e. The van der Waals surface area contributed by atoms with Crippen molar-refractivity contribution in [2.45, 2.75) is 18.9 Å². The molecule has 0 spiro atoms. The fraction of sp³-hybridized carbons (Fsp3) is 0.250. The van der Waals surface area contributed by atoms with E-state index in [0.717, 1.165) is 24.0 Å². The summed E-state index contributed by atoms with van der Waals surface area (Å²) in [4.78, 5) is 0. The van der Waals surface area contributed by atoms with Gasteiger partial charge in [0.25, 0.3) is 0 Å². The van der Waals surface area contributed by atoms with Crippen molar-refractivity contribution in [3.63, 3.8) is 0 Å². The lowest BCUT2D eigenvalue weighted by Gasteiger charge is -2.12. The first-order valence-corrected chi connectivity index (χ1v) is 6.45. The second-order valence-electron chi connectivity index (χ2n) is 4.88.